The van der Waals surface area contributed by atoms with Crippen molar-refractivity contribution in [2.75, 3.05) is 27.2 Å². The summed E-state index contributed by atoms with van der Waals surface area (Å²) in [6.45, 7) is 2.73. The number of carbonyl (C=O) groups is 2. The van der Waals surface area contributed by atoms with Crippen molar-refractivity contribution in [1.82, 2.24) is 15.5 Å². The lowest BCUT2D eigenvalue weighted by atomic mass is 9.75. The van der Waals surface area contributed by atoms with Crippen LogP contribution < -0.4 is 10.6 Å². The largest absolute Gasteiger partial charge is 0.481 e. The molecule has 1 fully saturated rings. The summed E-state index contributed by atoms with van der Waals surface area (Å²) in [7, 11) is 4.06. The zero-order valence-corrected chi connectivity index (χ0v) is 12.7. The smallest absolute Gasteiger partial charge is 0.314 e. The summed E-state index contributed by atoms with van der Waals surface area (Å²) in [4.78, 5) is 24.9. The minimum atomic E-state index is -0.851. The van der Waals surface area contributed by atoms with Crippen molar-refractivity contribution in [2.45, 2.75) is 44.6 Å². The van der Waals surface area contributed by atoms with Crippen LogP contribution >= 0.6 is 0 Å². The van der Waals surface area contributed by atoms with Crippen molar-refractivity contribution < 1.29 is 14.7 Å². The topological polar surface area (TPSA) is 81.7 Å². The van der Waals surface area contributed by atoms with Crippen LogP contribution in [0.25, 0.3) is 0 Å². The Bertz CT molecular complexity index is 341. The summed E-state index contributed by atoms with van der Waals surface area (Å²) in [5.74, 6) is -1.35. The molecule has 0 bridgehead atoms. The average Bonchev–Trinajstić information content (AvgIpc) is 2.32. The quantitative estimate of drug-likeness (QED) is 0.627. The molecule has 2 amide bonds. The maximum Gasteiger partial charge on any atom is 0.314 e. The van der Waals surface area contributed by atoms with Crippen LogP contribution in [0, 0.1) is 5.92 Å². The van der Waals surface area contributed by atoms with Crippen LogP contribution in [0.3, 0.4) is 0 Å². The van der Waals surface area contributed by atoms with Crippen LogP contribution in [0.2, 0.25) is 0 Å². The first-order valence-electron chi connectivity index (χ1n) is 7.33. The zero-order valence-electron chi connectivity index (χ0n) is 12.7. The second kappa shape index (κ2) is 7.47. The highest BCUT2D eigenvalue weighted by atomic mass is 16.4. The van der Waals surface area contributed by atoms with Gasteiger partial charge in [-0.3, -0.25) is 4.79 Å². The molecule has 0 saturated heterocycles. The molecule has 0 aromatic carbocycles. The zero-order chi connectivity index (χ0) is 15.2. The molecule has 3 N–H and O–H groups in total. The van der Waals surface area contributed by atoms with Gasteiger partial charge in [-0.2, -0.15) is 0 Å². The van der Waals surface area contributed by atoms with Crippen molar-refractivity contribution in [3.63, 3.8) is 0 Å². The predicted octanol–water partition coefficient (Wildman–Crippen LogP) is 1.27. The first-order chi connectivity index (χ1) is 9.41. The number of aliphatic carboxylic acids is 1. The molecule has 1 aliphatic carbocycles. The third-order valence-electron chi connectivity index (χ3n) is 4.31. The van der Waals surface area contributed by atoms with Crippen LogP contribution in [-0.4, -0.2) is 54.7 Å². The van der Waals surface area contributed by atoms with Gasteiger partial charge in [0.2, 0.25) is 0 Å². The van der Waals surface area contributed by atoms with Crippen molar-refractivity contribution in [3.05, 3.63) is 0 Å². The van der Waals surface area contributed by atoms with Gasteiger partial charge >= 0.3 is 12.0 Å². The summed E-state index contributed by atoms with van der Waals surface area (Å²) >= 11 is 0. The molecule has 1 rings (SSSR count). The summed E-state index contributed by atoms with van der Waals surface area (Å²) < 4.78 is 0. The van der Waals surface area contributed by atoms with E-state index in [1.807, 2.05) is 21.0 Å². The minimum absolute atomic E-state index is 0.0763. The molecular formula is C14H27N3O3. The van der Waals surface area contributed by atoms with E-state index in [0.717, 1.165) is 19.3 Å². The van der Waals surface area contributed by atoms with Gasteiger partial charge in [0.1, 0.15) is 0 Å². The third kappa shape index (κ3) is 4.37. The van der Waals surface area contributed by atoms with Crippen molar-refractivity contribution in [3.8, 4) is 0 Å². The van der Waals surface area contributed by atoms with Gasteiger partial charge in [-0.25, -0.2) is 4.79 Å². The Morgan fingerprint density at radius 3 is 2.35 bits per heavy atom. The molecule has 1 atom stereocenters. The maximum absolute atomic E-state index is 11.7. The highest BCUT2D eigenvalue weighted by molar-refractivity contribution is 5.75. The van der Waals surface area contributed by atoms with E-state index < -0.39 is 11.9 Å². The maximum atomic E-state index is 11.7. The van der Waals surface area contributed by atoms with Gasteiger partial charge in [-0.05, 0) is 39.8 Å². The lowest BCUT2D eigenvalue weighted by Crippen LogP contribution is -2.58. The highest BCUT2D eigenvalue weighted by Crippen LogP contribution is 2.35. The van der Waals surface area contributed by atoms with Gasteiger partial charge in [-0.15, -0.1) is 0 Å². The molecule has 116 valence electrons. The van der Waals surface area contributed by atoms with Gasteiger partial charge in [0.25, 0.3) is 0 Å². The number of rotatable bonds is 8. The van der Waals surface area contributed by atoms with Gasteiger partial charge < -0.3 is 20.6 Å². The molecular weight excluding hydrogens is 258 g/mol. The Balaban J connectivity index is 2.31. The number of likely N-dealkylation sites (N-methyl/N-ethyl adjacent to an activating group) is 1. The average molecular weight is 285 g/mol. The predicted molar refractivity (Wildman–Crippen MR) is 77.7 cm³/mol. The van der Waals surface area contributed by atoms with Crippen molar-refractivity contribution in [2.24, 2.45) is 5.92 Å². The lowest BCUT2D eigenvalue weighted by molar-refractivity contribution is -0.141. The Labute approximate surface area is 120 Å². The summed E-state index contributed by atoms with van der Waals surface area (Å²) in [5.41, 5.74) is 0.0763. The highest BCUT2D eigenvalue weighted by Gasteiger charge is 2.39. The normalized spacial score (nSPS) is 18.2. The molecule has 6 nitrogen and oxygen atoms in total. The molecule has 0 spiro atoms. The fourth-order valence-electron chi connectivity index (χ4n) is 2.55. The first kappa shape index (κ1) is 16.8. The summed E-state index contributed by atoms with van der Waals surface area (Å²) in [6, 6.07) is -0.277. The Morgan fingerprint density at radius 1 is 1.30 bits per heavy atom. The molecule has 6 heteroatoms. The number of hydrogen-bond acceptors (Lipinski definition) is 3. The van der Waals surface area contributed by atoms with E-state index >= 15 is 0 Å². The first-order valence-corrected chi connectivity index (χ1v) is 7.33. The second-order valence-corrected chi connectivity index (χ2v) is 5.86. The van der Waals surface area contributed by atoms with E-state index in [9.17, 15) is 9.59 Å². The van der Waals surface area contributed by atoms with Gasteiger partial charge in [-0.1, -0.05) is 13.3 Å². The SMILES string of the molecule is CCCC(CNC(=O)NCC1(N(C)C)CCC1)C(=O)O. The molecule has 0 aliphatic heterocycles. The number of carboxylic acids is 1. The van der Waals surface area contributed by atoms with Gasteiger partial charge in [0.05, 0.1) is 5.92 Å². The number of nitrogens with one attached hydrogen (secondary N) is 2. The van der Waals surface area contributed by atoms with E-state index in [2.05, 4.69) is 15.5 Å². The fraction of sp³-hybridized carbons (Fsp3) is 0.857. The van der Waals surface area contributed by atoms with E-state index in [0.29, 0.717) is 13.0 Å². The second-order valence-electron chi connectivity index (χ2n) is 5.86. The molecule has 0 aromatic rings. The fourth-order valence-corrected chi connectivity index (χ4v) is 2.55. The number of nitrogens with zero attached hydrogens (tertiary/aromatic N) is 1. The molecule has 1 unspecified atom stereocenters. The van der Waals surface area contributed by atoms with E-state index in [1.165, 1.54) is 6.42 Å². The molecule has 20 heavy (non-hydrogen) atoms. The van der Waals surface area contributed by atoms with E-state index in [-0.39, 0.29) is 18.1 Å². The summed E-state index contributed by atoms with van der Waals surface area (Å²) in [5, 5.41) is 14.5. The van der Waals surface area contributed by atoms with Crippen LogP contribution in [-0.2, 0) is 4.79 Å². The number of urea groups is 1. The molecule has 0 heterocycles. The Morgan fingerprint density at radius 2 is 1.95 bits per heavy atom. The van der Waals surface area contributed by atoms with Crippen molar-refractivity contribution in [1.29, 1.82) is 0 Å². The summed E-state index contributed by atoms with van der Waals surface area (Å²) in [6.07, 6.45) is 4.75. The number of carbonyl (C=O) groups excluding carboxylic acids is 1. The Kier molecular flexibility index (Phi) is 6.26. The van der Waals surface area contributed by atoms with Crippen LogP contribution in [0.4, 0.5) is 4.79 Å². The number of hydrogen-bond donors (Lipinski definition) is 3. The molecule has 0 radical (unpaired) electrons. The standard InChI is InChI=1S/C14H27N3O3/c1-4-6-11(12(18)19)9-15-13(20)16-10-14(17(2)3)7-5-8-14/h11H,4-10H2,1-3H3,(H,18,19)(H2,15,16,20). The van der Waals surface area contributed by atoms with Crippen LogP contribution in [0.15, 0.2) is 0 Å². The minimum Gasteiger partial charge on any atom is -0.481 e. The van der Waals surface area contributed by atoms with Gasteiger partial charge in [0, 0.05) is 18.6 Å². The third-order valence-corrected chi connectivity index (χ3v) is 4.31. The number of amides is 2. The lowest BCUT2D eigenvalue weighted by Gasteiger charge is -2.47. The molecule has 1 aliphatic rings. The van der Waals surface area contributed by atoms with Gasteiger partial charge in [0.15, 0.2) is 0 Å². The van der Waals surface area contributed by atoms with E-state index in [4.69, 9.17) is 5.11 Å². The van der Waals surface area contributed by atoms with Crippen LogP contribution in [0.5, 0.6) is 0 Å². The monoisotopic (exact) mass is 285 g/mol. The molecule has 1 saturated carbocycles. The van der Waals surface area contributed by atoms with Crippen LogP contribution in [0.1, 0.15) is 39.0 Å². The number of carboxylic acid groups (broad SMARTS) is 1. The Hall–Kier alpha value is -1.30. The van der Waals surface area contributed by atoms with E-state index in [1.54, 1.807) is 0 Å². The van der Waals surface area contributed by atoms with Crippen molar-refractivity contribution >= 4 is 12.0 Å². The molecule has 0 aromatic heterocycles.